The summed E-state index contributed by atoms with van der Waals surface area (Å²) in [7, 11) is 0. The molecule has 2 aromatic carbocycles. The fourth-order valence-electron chi connectivity index (χ4n) is 3.46. The van der Waals surface area contributed by atoms with Gasteiger partial charge in [0.2, 0.25) is 0 Å². The average molecular weight is 436 g/mol. The van der Waals surface area contributed by atoms with E-state index < -0.39 is 6.09 Å². The van der Waals surface area contributed by atoms with Gasteiger partial charge >= 0.3 is 6.09 Å². The van der Waals surface area contributed by atoms with E-state index in [4.69, 9.17) is 4.74 Å². The lowest BCUT2D eigenvalue weighted by Crippen LogP contribution is -2.24. The molecule has 1 amide bonds. The van der Waals surface area contributed by atoms with Crippen molar-refractivity contribution in [3.63, 3.8) is 0 Å². The maximum absolute atomic E-state index is 12.0. The Hall–Kier alpha value is -3.28. The Morgan fingerprint density at radius 2 is 1.62 bits per heavy atom. The fourth-order valence-corrected chi connectivity index (χ4v) is 3.46. The zero-order chi connectivity index (χ0) is 23.5. The number of carbonyl (C=O) groups excluding carboxylic acids is 1. The number of ether oxygens (including phenoxy) is 1. The van der Waals surface area contributed by atoms with Crippen LogP contribution in [-0.4, -0.2) is 21.2 Å². The van der Waals surface area contributed by atoms with Crippen LogP contribution in [0, 0.1) is 0 Å². The second-order valence-electron chi connectivity index (χ2n) is 10.1. The predicted molar refractivity (Wildman–Crippen MR) is 127 cm³/mol. The average Bonchev–Trinajstić information content (AvgIpc) is 3.19. The van der Waals surface area contributed by atoms with E-state index >= 15 is 0 Å². The maximum atomic E-state index is 12.0. The van der Waals surface area contributed by atoms with E-state index in [1.165, 1.54) is 0 Å². The molecule has 1 heterocycles. The minimum absolute atomic E-state index is 0.215. The van der Waals surface area contributed by atoms with Crippen LogP contribution in [0.15, 0.2) is 48.7 Å². The SMILES string of the molecule is CC(C)(C)c1cc(-c2cnc(CNC(=O)OCc3ccccc3)[nH]2)cc(C(C)(C)C)c1O. The van der Waals surface area contributed by atoms with E-state index in [2.05, 4.69) is 56.8 Å². The van der Waals surface area contributed by atoms with E-state index in [1.54, 1.807) is 6.20 Å². The van der Waals surface area contributed by atoms with Crippen LogP contribution in [0.3, 0.4) is 0 Å². The monoisotopic (exact) mass is 435 g/mol. The molecule has 3 aromatic rings. The topological polar surface area (TPSA) is 87.2 Å². The summed E-state index contributed by atoms with van der Waals surface area (Å²) in [5, 5.41) is 13.6. The number of phenolic OH excluding ortho intramolecular Hbond substituents is 1. The molecule has 3 rings (SSSR count). The largest absolute Gasteiger partial charge is 0.507 e. The molecule has 32 heavy (non-hydrogen) atoms. The molecule has 0 unspecified atom stereocenters. The summed E-state index contributed by atoms with van der Waals surface area (Å²) in [6.45, 7) is 13.0. The van der Waals surface area contributed by atoms with Gasteiger partial charge in [-0.3, -0.25) is 0 Å². The second-order valence-corrected chi connectivity index (χ2v) is 10.1. The number of nitrogens with one attached hydrogen (secondary N) is 2. The third-order valence-electron chi connectivity index (χ3n) is 5.28. The van der Waals surface area contributed by atoms with Gasteiger partial charge in [-0.1, -0.05) is 71.9 Å². The van der Waals surface area contributed by atoms with E-state index in [0.29, 0.717) is 11.6 Å². The molecule has 0 aliphatic heterocycles. The Bertz CT molecular complexity index is 1040. The minimum atomic E-state index is -0.499. The van der Waals surface area contributed by atoms with Crippen LogP contribution in [0.2, 0.25) is 0 Å². The van der Waals surface area contributed by atoms with Crippen molar-refractivity contribution in [2.24, 2.45) is 0 Å². The van der Waals surface area contributed by atoms with E-state index in [-0.39, 0.29) is 24.0 Å². The lowest BCUT2D eigenvalue weighted by molar-refractivity contribution is 0.139. The number of aromatic nitrogens is 2. The minimum Gasteiger partial charge on any atom is -0.507 e. The summed E-state index contributed by atoms with van der Waals surface area (Å²) in [6, 6.07) is 13.5. The molecule has 3 N–H and O–H groups in total. The van der Waals surface area contributed by atoms with Gasteiger partial charge in [-0.15, -0.1) is 0 Å². The molecule has 6 heteroatoms. The van der Waals surface area contributed by atoms with Gasteiger partial charge in [0.05, 0.1) is 18.4 Å². The number of nitrogens with zero attached hydrogens (tertiary/aromatic N) is 1. The molecular formula is C26H33N3O3. The van der Waals surface area contributed by atoms with Crippen LogP contribution in [0.25, 0.3) is 11.3 Å². The number of amides is 1. The molecule has 0 fully saturated rings. The lowest BCUT2D eigenvalue weighted by Gasteiger charge is -2.28. The molecule has 0 radical (unpaired) electrons. The van der Waals surface area contributed by atoms with Gasteiger partial charge in [0.1, 0.15) is 18.2 Å². The first-order valence-electron chi connectivity index (χ1n) is 10.8. The highest BCUT2D eigenvalue weighted by Gasteiger charge is 2.27. The van der Waals surface area contributed by atoms with Crippen LogP contribution in [-0.2, 0) is 28.7 Å². The standard InChI is InChI=1S/C26H33N3O3/c1-25(2,3)19-12-18(13-20(23(19)30)26(4,5)6)21-14-27-22(29-21)15-28-24(31)32-16-17-10-8-7-9-11-17/h7-14,30H,15-16H2,1-6H3,(H,27,29)(H,28,31). The number of carbonyl (C=O) groups is 1. The van der Waals surface area contributed by atoms with Crippen LogP contribution in [0.1, 0.15) is 64.1 Å². The van der Waals surface area contributed by atoms with Gasteiger partial charge in [0.15, 0.2) is 0 Å². The number of phenols is 1. The first-order valence-corrected chi connectivity index (χ1v) is 10.8. The van der Waals surface area contributed by atoms with Crippen LogP contribution >= 0.6 is 0 Å². The highest BCUT2D eigenvalue weighted by atomic mass is 16.5. The van der Waals surface area contributed by atoms with Gasteiger partial charge < -0.3 is 20.1 Å². The van der Waals surface area contributed by atoms with Crippen LogP contribution in [0.4, 0.5) is 4.79 Å². The molecule has 0 aliphatic carbocycles. The lowest BCUT2D eigenvalue weighted by atomic mass is 9.78. The van der Waals surface area contributed by atoms with Crippen molar-refractivity contribution >= 4 is 6.09 Å². The summed E-state index contributed by atoms with van der Waals surface area (Å²) in [5.74, 6) is 0.968. The van der Waals surface area contributed by atoms with Crippen molar-refractivity contribution < 1.29 is 14.6 Å². The first kappa shape index (κ1) is 23.4. The molecule has 170 valence electrons. The Labute approximate surface area is 190 Å². The fraction of sp³-hybridized carbons (Fsp3) is 0.385. The van der Waals surface area contributed by atoms with Gasteiger partial charge in [0.25, 0.3) is 0 Å². The molecule has 0 atom stereocenters. The maximum Gasteiger partial charge on any atom is 0.407 e. The van der Waals surface area contributed by atoms with Crippen molar-refractivity contribution in [3.05, 3.63) is 71.2 Å². The van der Waals surface area contributed by atoms with Crippen molar-refractivity contribution in [1.82, 2.24) is 15.3 Å². The van der Waals surface area contributed by atoms with Gasteiger partial charge in [0, 0.05) is 16.7 Å². The van der Waals surface area contributed by atoms with Crippen LogP contribution in [0.5, 0.6) is 5.75 Å². The van der Waals surface area contributed by atoms with Crippen LogP contribution < -0.4 is 5.32 Å². The third-order valence-corrected chi connectivity index (χ3v) is 5.28. The Balaban J connectivity index is 1.74. The number of rotatable bonds is 5. The zero-order valence-electron chi connectivity index (χ0n) is 19.7. The first-order chi connectivity index (χ1) is 14.9. The summed E-state index contributed by atoms with van der Waals surface area (Å²) in [5.41, 5.74) is 4.05. The Kier molecular flexibility index (Phi) is 6.63. The third kappa shape index (κ3) is 5.69. The van der Waals surface area contributed by atoms with E-state index in [1.807, 2.05) is 42.5 Å². The number of aromatic hydroxyl groups is 1. The summed E-state index contributed by atoms with van der Waals surface area (Å²) >= 11 is 0. The Morgan fingerprint density at radius 3 is 2.19 bits per heavy atom. The molecule has 0 aliphatic rings. The molecule has 0 bridgehead atoms. The van der Waals surface area contributed by atoms with Crippen molar-refractivity contribution in [3.8, 4) is 17.0 Å². The number of alkyl carbamates (subject to hydrolysis) is 1. The molecule has 6 nitrogen and oxygen atoms in total. The number of hydrogen-bond acceptors (Lipinski definition) is 4. The summed E-state index contributed by atoms with van der Waals surface area (Å²) in [6.07, 6.45) is 1.25. The number of benzene rings is 2. The quantitative estimate of drug-likeness (QED) is 0.472. The van der Waals surface area contributed by atoms with Crippen molar-refractivity contribution in [1.29, 1.82) is 0 Å². The van der Waals surface area contributed by atoms with Crippen molar-refractivity contribution in [2.45, 2.75) is 65.5 Å². The summed E-state index contributed by atoms with van der Waals surface area (Å²) < 4.78 is 5.24. The number of hydrogen-bond donors (Lipinski definition) is 3. The van der Waals surface area contributed by atoms with E-state index in [0.717, 1.165) is 27.9 Å². The molecule has 0 saturated carbocycles. The molecule has 0 spiro atoms. The predicted octanol–water partition coefficient (Wildman–Crippen LogP) is 5.80. The van der Waals surface area contributed by atoms with E-state index in [9.17, 15) is 9.90 Å². The molecule has 1 aromatic heterocycles. The second kappa shape index (κ2) is 9.07. The van der Waals surface area contributed by atoms with Gasteiger partial charge in [-0.2, -0.15) is 0 Å². The number of aromatic amines is 1. The zero-order valence-corrected chi connectivity index (χ0v) is 19.7. The molecule has 0 saturated heterocycles. The van der Waals surface area contributed by atoms with Crippen molar-refractivity contribution in [2.75, 3.05) is 0 Å². The normalized spacial score (nSPS) is 11.9. The Morgan fingerprint density at radius 1 is 1.03 bits per heavy atom. The van der Waals surface area contributed by atoms with Gasteiger partial charge in [-0.05, 0) is 28.5 Å². The number of imidazole rings is 1. The molecular weight excluding hydrogens is 402 g/mol. The summed E-state index contributed by atoms with van der Waals surface area (Å²) in [4.78, 5) is 19.7. The smallest absolute Gasteiger partial charge is 0.407 e. The highest BCUT2D eigenvalue weighted by Crippen LogP contribution is 2.41. The highest BCUT2D eigenvalue weighted by molar-refractivity contribution is 5.68. The van der Waals surface area contributed by atoms with Gasteiger partial charge in [-0.25, -0.2) is 9.78 Å². The number of H-pyrrole nitrogens is 1.